The van der Waals surface area contributed by atoms with Crippen molar-refractivity contribution in [3.63, 3.8) is 0 Å². The molecule has 1 aliphatic rings. The molecule has 1 aromatic carbocycles. The summed E-state index contributed by atoms with van der Waals surface area (Å²) in [6, 6.07) is 6.35. The first-order chi connectivity index (χ1) is 9.13. The monoisotopic (exact) mass is 344 g/mol. The normalized spacial score (nSPS) is 27.3. The Bertz CT molecular complexity index is 421. The van der Waals surface area contributed by atoms with Gasteiger partial charge in [-0.1, -0.05) is 19.4 Å². The summed E-state index contributed by atoms with van der Waals surface area (Å²) in [6.45, 7) is 2.29. The first-order valence-electron chi connectivity index (χ1n) is 7.10. The molecule has 0 spiro atoms. The van der Waals surface area contributed by atoms with E-state index >= 15 is 0 Å². The van der Waals surface area contributed by atoms with Gasteiger partial charge in [-0.05, 0) is 71.1 Å². The molecule has 0 amide bonds. The predicted octanol–water partition coefficient (Wildman–Crippen LogP) is 5.43. The third-order valence-electron chi connectivity index (χ3n) is 4.29. The first kappa shape index (κ1) is 15.2. The van der Waals surface area contributed by atoms with Crippen molar-refractivity contribution in [3.05, 3.63) is 28.2 Å². The molecular weight excluding hydrogens is 324 g/mol. The van der Waals surface area contributed by atoms with Gasteiger partial charge in [-0.2, -0.15) is 0 Å². The summed E-state index contributed by atoms with van der Waals surface area (Å²) in [7, 11) is 1.70. The minimum Gasteiger partial charge on any atom is -0.496 e. The maximum absolute atomic E-state index is 6.52. The van der Waals surface area contributed by atoms with E-state index in [1.807, 2.05) is 6.07 Å². The van der Waals surface area contributed by atoms with E-state index in [1.165, 1.54) is 31.2 Å². The van der Waals surface area contributed by atoms with Crippen molar-refractivity contribution in [1.29, 1.82) is 0 Å². The molecule has 106 valence electrons. The van der Waals surface area contributed by atoms with Crippen LogP contribution in [0.15, 0.2) is 22.7 Å². The summed E-state index contributed by atoms with van der Waals surface area (Å²) in [4.78, 5) is 0. The lowest BCUT2D eigenvalue weighted by Gasteiger charge is -2.32. The van der Waals surface area contributed by atoms with Crippen LogP contribution in [-0.2, 0) is 6.42 Å². The average molecular weight is 346 g/mol. The quantitative estimate of drug-likeness (QED) is 0.661. The molecule has 0 N–H and O–H groups in total. The van der Waals surface area contributed by atoms with Gasteiger partial charge >= 0.3 is 0 Å². The highest BCUT2D eigenvalue weighted by atomic mass is 79.9. The van der Waals surface area contributed by atoms with Crippen LogP contribution in [-0.4, -0.2) is 12.5 Å². The van der Waals surface area contributed by atoms with E-state index in [0.717, 1.165) is 22.6 Å². The second-order valence-electron chi connectivity index (χ2n) is 5.54. The molecule has 1 fully saturated rings. The molecular formula is C16H22BrClO. The topological polar surface area (TPSA) is 9.23 Å². The lowest BCUT2D eigenvalue weighted by molar-refractivity contribution is 0.265. The van der Waals surface area contributed by atoms with Crippen LogP contribution < -0.4 is 4.74 Å². The molecule has 2 rings (SSSR count). The highest BCUT2D eigenvalue weighted by Gasteiger charge is 2.28. The molecule has 1 aromatic rings. The van der Waals surface area contributed by atoms with E-state index in [9.17, 15) is 0 Å². The molecule has 3 unspecified atom stereocenters. The number of rotatable bonds is 4. The van der Waals surface area contributed by atoms with Gasteiger partial charge in [0, 0.05) is 5.38 Å². The van der Waals surface area contributed by atoms with Crippen molar-refractivity contribution < 1.29 is 4.74 Å². The summed E-state index contributed by atoms with van der Waals surface area (Å²) < 4.78 is 6.30. The maximum Gasteiger partial charge on any atom is 0.133 e. The Kier molecular flexibility index (Phi) is 5.58. The second-order valence-corrected chi connectivity index (χ2v) is 6.95. The Morgan fingerprint density at radius 3 is 2.79 bits per heavy atom. The van der Waals surface area contributed by atoms with Crippen LogP contribution in [0.25, 0.3) is 0 Å². The van der Waals surface area contributed by atoms with Gasteiger partial charge in [0.15, 0.2) is 0 Å². The van der Waals surface area contributed by atoms with Crippen LogP contribution in [0, 0.1) is 11.8 Å². The molecule has 0 saturated heterocycles. The Labute approximate surface area is 129 Å². The largest absolute Gasteiger partial charge is 0.496 e. The fourth-order valence-corrected chi connectivity index (χ4v) is 3.95. The van der Waals surface area contributed by atoms with Crippen molar-refractivity contribution in [2.75, 3.05) is 7.11 Å². The number of halogens is 2. The number of hydrogen-bond donors (Lipinski definition) is 0. The molecule has 3 heteroatoms. The van der Waals surface area contributed by atoms with Crippen molar-refractivity contribution in [2.24, 2.45) is 11.8 Å². The summed E-state index contributed by atoms with van der Waals surface area (Å²) in [5.41, 5.74) is 1.35. The Morgan fingerprint density at radius 2 is 2.16 bits per heavy atom. The van der Waals surface area contributed by atoms with E-state index in [1.54, 1.807) is 7.11 Å². The minimum absolute atomic E-state index is 0.337. The van der Waals surface area contributed by atoms with Gasteiger partial charge in [-0.25, -0.2) is 0 Å². The van der Waals surface area contributed by atoms with Gasteiger partial charge in [0.2, 0.25) is 0 Å². The Morgan fingerprint density at radius 1 is 1.37 bits per heavy atom. The molecule has 0 bridgehead atoms. The van der Waals surface area contributed by atoms with E-state index < -0.39 is 0 Å². The van der Waals surface area contributed by atoms with Gasteiger partial charge in [0.1, 0.15) is 5.75 Å². The zero-order chi connectivity index (χ0) is 13.8. The second kappa shape index (κ2) is 6.99. The maximum atomic E-state index is 6.52. The highest BCUT2D eigenvalue weighted by Crippen LogP contribution is 2.37. The van der Waals surface area contributed by atoms with Crippen molar-refractivity contribution in [1.82, 2.24) is 0 Å². The number of methoxy groups -OCH3 is 1. The third-order valence-corrected chi connectivity index (χ3v) is 5.48. The smallest absolute Gasteiger partial charge is 0.133 e. The van der Waals surface area contributed by atoms with Crippen LogP contribution >= 0.6 is 27.5 Å². The number of hydrogen-bond acceptors (Lipinski definition) is 1. The SMILES string of the molecule is CCC1CCC(Cl)C(Cc2ccc(OC)c(Br)c2)C1. The molecule has 0 aromatic heterocycles. The van der Waals surface area contributed by atoms with Crippen LogP contribution in [0.5, 0.6) is 5.75 Å². The average Bonchev–Trinajstić information content (AvgIpc) is 2.41. The van der Waals surface area contributed by atoms with Gasteiger partial charge in [0.05, 0.1) is 11.6 Å². The van der Waals surface area contributed by atoms with Gasteiger partial charge < -0.3 is 4.74 Å². The summed E-state index contributed by atoms with van der Waals surface area (Å²) in [6.07, 6.45) is 6.10. The standard InChI is InChI=1S/C16H22BrClO/c1-3-11-4-6-15(18)13(8-11)9-12-5-7-16(19-2)14(17)10-12/h5,7,10-11,13,15H,3-4,6,8-9H2,1-2H3. The van der Waals surface area contributed by atoms with E-state index in [4.69, 9.17) is 16.3 Å². The van der Waals surface area contributed by atoms with Crippen LogP contribution in [0.1, 0.15) is 38.2 Å². The summed E-state index contributed by atoms with van der Waals surface area (Å²) in [5, 5.41) is 0.337. The lowest BCUT2D eigenvalue weighted by Crippen LogP contribution is -2.26. The number of alkyl halides is 1. The summed E-state index contributed by atoms with van der Waals surface area (Å²) in [5.74, 6) is 2.36. The molecule has 0 radical (unpaired) electrons. The number of ether oxygens (including phenoxy) is 1. The van der Waals surface area contributed by atoms with E-state index in [0.29, 0.717) is 11.3 Å². The fraction of sp³-hybridized carbons (Fsp3) is 0.625. The van der Waals surface area contributed by atoms with Crippen LogP contribution in [0.4, 0.5) is 0 Å². The van der Waals surface area contributed by atoms with Crippen LogP contribution in [0.2, 0.25) is 0 Å². The van der Waals surface area contributed by atoms with Gasteiger partial charge in [0.25, 0.3) is 0 Å². The van der Waals surface area contributed by atoms with E-state index in [2.05, 4.69) is 35.0 Å². The third kappa shape index (κ3) is 3.88. The summed E-state index contributed by atoms with van der Waals surface area (Å²) >= 11 is 10.1. The highest BCUT2D eigenvalue weighted by molar-refractivity contribution is 9.10. The zero-order valence-electron chi connectivity index (χ0n) is 11.7. The van der Waals surface area contributed by atoms with Gasteiger partial charge in [-0.15, -0.1) is 11.6 Å². The van der Waals surface area contributed by atoms with Crippen molar-refractivity contribution in [2.45, 2.75) is 44.4 Å². The molecule has 0 heterocycles. The van der Waals surface area contributed by atoms with Crippen molar-refractivity contribution >= 4 is 27.5 Å². The molecule has 19 heavy (non-hydrogen) atoms. The predicted molar refractivity (Wildman–Crippen MR) is 85.2 cm³/mol. The molecule has 0 aliphatic heterocycles. The Balaban J connectivity index is 2.05. The fourth-order valence-electron chi connectivity index (χ4n) is 3.05. The molecule has 3 atom stereocenters. The van der Waals surface area contributed by atoms with Gasteiger partial charge in [-0.3, -0.25) is 0 Å². The molecule has 1 saturated carbocycles. The zero-order valence-corrected chi connectivity index (χ0v) is 14.0. The lowest BCUT2D eigenvalue weighted by atomic mass is 9.77. The molecule has 1 aliphatic carbocycles. The van der Waals surface area contributed by atoms with Crippen molar-refractivity contribution in [3.8, 4) is 5.75 Å². The molecule has 1 nitrogen and oxygen atoms in total. The van der Waals surface area contributed by atoms with Crippen LogP contribution in [0.3, 0.4) is 0 Å². The first-order valence-corrected chi connectivity index (χ1v) is 8.33. The minimum atomic E-state index is 0.337. The Hall–Kier alpha value is -0.210. The van der Waals surface area contributed by atoms with E-state index in [-0.39, 0.29) is 0 Å². The number of benzene rings is 1.